The molecule has 25 heavy (non-hydrogen) atoms. The molecule has 0 spiro atoms. The molecule has 0 bridgehead atoms. The molecule has 1 unspecified atom stereocenters. The number of halogens is 1. The fraction of sp³-hybridized carbons (Fsp3) is 0.158. The molecule has 3 N–H and O–H groups in total. The Balaban J connectivity index is 1.73. The lowest BCUT2D eigenvalue weighted by molar-refractivity contribution is -0.118. The first-order valence-electron chi connectivity index (χ1n) is 8.06. The summed E-state index contributed by atoms with van der Waals surface area (Å²) in [5.74, 6) is -0.111. The molecule has 0 fully saturated rings. The first kappa shape index (κ1) is 17.2. The summed E-state index contributed by atoms with van der Waals surface area (Å²) in [4.78, 5) is 12.7. The molecule has 1 amide bonds. The Morgan fingerprint density at radius 1 is 1.12 bits per heavy atom. The van der Waals surface area contributed by atoms with Gasteiger partial charge in [0, 0.05) is 22.5 Å². The van der Waals surface area contributed by atoms with Gasteiger partial charge in [-0.2, -0.15) is 5.10 Å². The van der Waals surface area contributed by atoms with Crippen LogP contribution >= 0.6 is 11.6 Å². The molecule has 1 atom stereocenters. The average Bonchev–Trinajstić information content (AvgIpc) is 3.16. The lowest BCUT2D eigenvalue weighted by Crippen LogP contribution is -2.32. The zero-order valence-electron chi connectivity index (χ0n) is 13.8. The molecule has 6 heteroatoms. The van der Waals surface area contributed by atoms with Crippen molar-refractivity contribution < 1.29 is 4.79 Å². The molecule has 1 heterocycles. The summed E-state index contributed by atoms with van der Waals surface area (Å²) in [6.07, 6.45) is 3.59. The minimum atomic E-state index is -0.434. The normalized spacial score (nSPS) is 11.9. The van der Waals surface area contributed by atoms with Crippen LogP contribution in [0.2, 0.25) is 5.02 Å². The molecular formula is C19H19ClN4O. The van der Waals surface area contributed by atoms with Crippen molar-refractivity contribution in [2.24, 2.45) is 0 Å². The highest BCUT2D eigenvalue weighted by molar-refractivity contribution is 6.30. The third kappa shape index (κ3) is 4.26. The van der Waals surface area contributed by atoms with Crippen LogP contribution in [0.1, 0.15) is 18.5 Å². The number of amides is 1. The minimum absolute atomic E-state index is 0.111. The second-order valence-corrected chi connectivity index (χ2v) is 6.03. The molecule has 3 rings (SSSR count). The zero-order valence-corrected chi connectivity index (χ0v) is 14.5. The number of benzene rings is 2. The van der Waals surface area contributed by atoms with Crippen LogP contribution in [0.5, 0.6) is 0 Å². The largest absolute Gasteiger partial charge is 0.324 e. The van der Waals surface area contributed by atoms with Gasteiger partial charge in [0.2, 0.25) is 5.91 Å². The fourth-order valence-electron chi connectivity index (χ4n) is 2.59. The number of likely N-dealkylation sites (N-methyl/N-ethyl adjacent to an activating group) is 1. The first-order chi connectivity index (χ1) is 12.2. The highest BCUT2D eigenvalue weighted by Gasteiger charge is 2.19. The number of H-pyrrole nitrogens is 1. The lowest BCUT2D eigenvalue weighted by Gasteiger charge is -2.18. The minimum Gasteiger partial charge on any atom is -0.324 e. The van der Waals surface area contributed by atoms with Crippen LogP contribution in [-0.4, -0.2) is 22.6 Å². The molecule has 1 aromatic heterocycles. The second-order valence-electron chi connectivity index (χ2n) is 5.60. The number of hydrogen-bond acceptors (Lipinski definition) is 3. The third-order valence-corrected chi connectivity index (χ3v) is 4.11. The number of nitrogens with one attached hydrogen (secondary N) is 3. The van der Waals surface area contributed by atoms with E-state index in [4.69, 9.17) is 11.6 Å². The van der Waals surface area contributed by atoms with Gasteiger partial charge in [0.15, 0.2) is 0 Å². The van der Waals surface area contributed by atoms with Crippen LogP contribution in [0.15, 0.2) is 60.9 Å². The van der Waals surface area contributed by atoms with E-state index in [-0.39, 0.29) is 5.91 Å². The number of aromatic nitrogens is 2. The summed E-state index contributed by atoms with van der Waals surface area (Å²) in [5, 5.41) is 13.5. The van der Waals surface area contributed by atoms with Gasteiger partial charge in [0.05, 0.1) is 6.20 Å². The number of anilines is 1. The van der Waals surface area contributed by atoms with E-state index in [2.05, 4.69) is 20.8 Å². The quantitative estimate of drug-likeness (QED) is 0.626. The van der Waals surface area contributed by atoms with Crippen molar-refractivity contribution >= 4 is 23.2 Å². The van der Waals surface area contributed by atoms with Crippen molar-refractivity contribution in [3.8, 4) is 11.1 Å². The highest BCUT2D eigenvalue weighted by Crippen LogP contribution is 2.22. The lowest BCUT2D eigenvalue weighted by atomic mass is 10.1. The SMILES string of the molecule is CCNC(C(=O)Nc1ccc(-c2cn[nH]c2)cc1)c1ccc(Cl)cc1. The van der Waals surface area contributed by atoms with Crippen molar-refractivity contribution in [2.45, 2.75) is 13.0 Å². The number of aromatic amines is 1. The Morgan fingerprint density at radius 3 is 2.44 bits per heavy atom. The standard InChI is InChI=1S/C19H19ClN4O/c1-2-21-18(14-3-7-16(20)8-4-14)19(25)24-17-9-5-13(6-10-17)15-11-22-23-12-15/h3-12,18,21H,2H2,1H3,(H,22,23)(H,24,25). The maximum absolute atomic E-state index is 12.7. The summed E-state index contributed by atoms with van der Waals surface area (Å²) in [7, 11) is 0. The van der Waals surface area contributed by atoms with E-state index in [1.807, 2.05) is 49.5 Å². The van der Waals surface area contributed by atoms with Gasteiger partial charge >= 0.3 is 0 Å². The monoisotopic (exact) mass is 354 g/mol. The number of carbonyl (C=O) groups excluding carboxylic acids is 1. The number of carbonyl (C=O) groups is 1. The molecule has 3 aromatic rings. The van der Waals surface area contributed by atoms with Gasteiger partial charge in [-0.05, 0) is 41.9 Å². The Kier molecular flexibility index (Phi) is 5.48. The molecule has 0 aliphatic rings. The Morgan fingerprint density at radius 2 is 1.84 bits per heavy atom. The zero-order chi connectivity index (χ0) is 17.6. The van der Waals surface area contributed by atoms with Gasteiger partial charge in [-0.15, -0.1) is 0 Å². The summed E-state index contributed by atoms with van der Waals surface area (Å²) < 4.78 is 0. The molecule has 0 radical (unpaired) electrons. The molecule has 128 valence electrons. The maximum Gasteiger partial charge on any atom is 0.246 e. The van der Waals surface area contributed by atoms with Crippen molar-refractivity contribution in [3.05, 3.63) is 71.5 Å². The smallest absolute Gasteiger partial charge is 0.246 e. The second kappa shape index (κ2) is 7.96. The van der Waals surface area contributed by atoms with Crippen LogP contribution in [0.3, 0.4) is 0 Å². The summed E-state index contributed by atoms with van der Waals surface area (Å²) >= 11 is 5.93. The molecule has 0 saturated heterocycles. The van der Waals surface area contributed by atoms with Crippen LogP contribution in [-0.2, 0) is 4.79 Å². The van der Waals surface area contributed by atoms with Gasteiger partial charge in [0.1, 0.15) is 6.04 Å². The van der Waals surface area contributed by atoms with E-state index in [1.54, 1.807) is 18.3 Å². The van der Waals surface area contributed by atoms with Gasteiger partial charge in [-0.25, -0.2) is 0 Å². The van der Waals surface area contributed by atoms with Gasteiger partial charge < -0.3 is 10.6 Å². The maximum atomic E-state index is 12.7. The van der Waals surface area contributed by atoms with Gasteiger partial charge in [-0.1, -0.05) is 42.8 Å². The van der Waals surface area contributed by atoms with E-state index in [1.165, 1.54) is 0 Å². The summed E-state index contributed by atoms with van der Waals surface area (Å²) in [6, 6.07) is 14.5. The van der Waals surface area contributed by atoms with Crippen molar-refractivity contribution in [3.63, 3.8) is 0 Å². The predicted molar refractivity (Wildman–Crippen MR) is 101 cm³/mol. The van der Waals surface area contributed by atoms with Crippen LogP contribution in [0.4, 0.5) is 5.69 Å². The molecular weight excluding hydrogens is 336 g/mol. The number of nitrogens with zero attached hydrogens (tertiary/aromatic N) is 1. The van der Waals surface area contributed by atoms with E-state index >= 15 is 0 Å². The van der Waals surface area contributed by atoms with Crippen molar-refractivity contribution in [1.29, 1.82) is 0 Å². The van der Waals surface area contributed by atoms with E-state index in [0.717, 1.165) is 22.4 Å². The van der Waals surface area contributed by atoms with E-state index in [0.29, 0.717) is 11.6 Å². The van der Waals surface area contributed by atoms with Crippen LogP contribution < -0.4 is 10.6 Å². The predicted octanol–water partition coefficient (Wildman–Crippen LogP) is 4.02. The van der Waals surface area contributed by atoms with Crippen molar-refractivity contribution in [1.82, 2.24) is 15.5 Å². The first-order valence-corrected chi connectivity index (χ1v) is 8.44. The highest BCUT2D eigenvalue weighted by atomic mass is 35.5. The number of rotatable bonds is 6. The molecule has 0 aliphatic heterocycles. The molecule has 0 aliphatic carbocycles. The van der Waals surface area contributed by atoms with Crippen LogP contribution in [0.25, 0.3) is 11.1 Å². The molecule has 0 saturated carbocycles. The molecule has 2 aromatic carbocycles. The summed E-state index contributed by atoms with van der Waals surface area (Å²) in [6.45, 7) is 2.65. The number of hydrogen-bond donors (Lipinski definition) is 3. The Bertz CT molecular complexity index is 814. The van der Waals surface area contributed by atoms with E-state index in [9.17, 15) is 4.79 Å². The fourth-order valence-corrected chi connectivity index (χ4v) is 2.72. The average molecular weight is 355 g/mol. The topological polar surface area (TPSA) is 69.8 Å². The van der Waals surface area contributed by atoms with Crippen molar-refractivity contribution in [2.75, 3.05) is 11.9 Å². The Hall–Kier alpha value is -2.63. The van der Waals surface area contributed by atoms with Gasteiger partial charge in [-0.3, -0.25) is 9.89 Å². The van der Waals surface area contributed by atoms with Crippen LogP contribution in [0, 0.1) is 0 Å². The third-order valence-electron chi connectivity index (χ3n) is 3.86. The summed E-state index contributed by atoms with van der Waals surface area (Å²) in [5.41, 5.74) is 3.66. The van der Waals surface area contributed by atoms with Gasteiger partial charge in [0.25, 0.3) is 0 Å². The Labute approximate surface area is 151 Å². The molecule has 5 nitrogen and oxygen atoms in total. The van der Waals surface area contributed by atoms with E-state index < -0.39 is 6.04 Å².